The van der Waals surface area contributed by atoms with Crippen molar-refractivity contribution in [3.8, 4) is 0 Å². The van der Waals surface area contributed by atoms with Gasteiger partial charge in [-0.15, -0.1) is 11.3 Å². The predicted molar refractivity (Wildman–Crippen MR) is 119 cm³/mol. The monoisotopic (exact) mass is 463 g/mol. The summed E-state index contributed by atoms with van der Waals surface area (Å²) in [6, 6.07) is 14.2. The fourth-order valence-electron chi connectivity index (χ4n) is 3.51. The van der Waals surface area contributed by atoms with Crippen molar-refractivity contribution in [2.24, 2.45) is 0 Å². The lowest BCUT2D eigenvalue weighted by Gasteiger charge is -2.34. The molecular weight excluding hydrogens is 442 g/mol. The molecule has 0 radical (unpaired) electrons. The van der Waals surface area contributed by atoms with Crippen LogP contribution in [0.5, 0.6) is 0 Å². The second-order valence-electron chi connectivity index (χ2n) is 7.17. The maximum atomic E-state index is 12.8. The third-order valence-electron chi connectivity index (χ3n) is 5.16. The normalized spacial score (nSPS) is 15.6. The van der Waals surface area contributed by atoms with Crippen molar-refractivity contribution in [1.29, 1.82) is 0 Å². The summed E-state index contributed by atoms with van der Waals surface area (Å²) in [7, 11) is -3.56. The Morgan fingerprint density at radius 3 is 2.43 bits per heavy atom. The number of halogens is 1. The molecule has 1 aliphatic rings. The molecule has 9 heteroatoms. The summed E-state index contributed by atoms with van der Waals surface area (Å²) in [6.45, 7) is 1.42. The minimum Gasteiger partial charge on any atom is -0.340 e. The van der Waals surface area contributed by atoms with Crippen LogP contribution in [-0.4, -0.2) is 54.7 Å². The number of piperazine rings is 1. The average Bonchev–Trinajstić information content (AvgIpc) is 3.17. The maximum absolute atomic E-state index is 12.8. The van der Waals surface area contributed by atoms with Gasteiger partial charge in [0, 0.05) is 37.6 Å². The fraction of sp³-hybridized carbons (Fsp3) is 0.333. The molecule has 1 aliphatic heterocycles. The molecule has 0 spiro atoms. The first-order chi connectivity index (χ1) is 14.4. The maximum Gasteiger partial charge on any atom is 0.243 e. The molecule has 6 nitrogen and oxygen atoms in total. The van der Waals surface area contributed by atoms with Gasteiger partial charge in [-0.3, -0.25) is 4.79 Å². The van der Waals surface area contributed by atoms with Crippen molar-refractivity contribution in [2.75, 3.05) is 26.2 Å². The van der Waals surface area contributed by atoms with Gasteiger partial charge >= 0.3 is 0 Å². The number of hydrogen-bond acceptors (Lipinski definition) is 5. The summed E-state index contributed by atoms with van der Waals surface area (Å²) >= 11 is 7.52. The van der Waals surface area contributed by atoms with Crippen molar-refractivity contribution in [2.45, 2.75) is 24.2 Å². The van der Waals surface area contributed by atoms with E-state index in [-0.39, 0.29) is 10.8 Å². The summed E-state index contributed by atoms with van der Waals surface area (Å²) in [6.07, 6.45) is 1.96. The van der Waals surface area contributed by atoms with Gasteiger partial charge in [-0.1, -0.05) is 23.7 Å². The highest BCUT2D eigenvalue weighted by atomic mass is 35.5. The van der Waals surface area contributed by atoms with Crippen LogP contribution in [0.25, 0.3) is 10.2 Å². The van der Waals surface area contributed by atoms with E-state index in [4.69, 9.17) is 11.6 Å². The molecule has 0 saturated carbocycles. The number of carbonyl (C=O) groups is 1. The topological polar surface area (TPSA) is 70.6 Å². The van der Waals surface area contributed by atoms with Crippen molar-refractivity contribution < 1.29 is 13.2 Å². The van der Waals surface area contributed by atoms with Crippen LogP contribution in [0.3, 0.4) is 0 Å². The van der Waals surface area contributed by atoms with Crippen LogP contribution in [0, 0.1) is 0 Å². The third kappa shape index (κ3) is 4.67. The summed E-state index contributed by atoms with van der Waals surface area (Å²) in [5.74, 6) is 0.0691. The molecule has 0 unspecified atom stereocenters. The van der Waals surface area contributed by atoms with Crippen LogP contribution < -0.4 is 0 Å². The number of carbonyl (C=O) groups excluding carboxylic acids is 1. The molecule has 0 bridgehead atoms. The summed E-state index contributed by atoms with van der Waals surface area (Å²) < 4.78 is 28.1. The van der Waals surface area contributed by atoms with Gasteiger partial charge in [0.1, 0.15) is 0 Å². The van der Waals surface area contributed by atoms with Crippen LogP contribution in [0.1, 0.15) is 17.8 Å². The van der Waals surface area contributed by atoms with Crippen molar-refractivity contribution in [3.63, 3.8) is 0 Å². The van der Waals surface area contributed by atoms with Crippen molar-refractivity contribution >= 4 is 49.1 Å². The Bertz CT molecular complexity index is 1100. The molecule has 30 heavy (non-hydrogen) atoms. The molecule has 0 N–H and O–H groups in total. The summed E-state index contributed by atoms with van der Waals surface area (Å²) in [5.41, 5.74) is 1.00. The van der Waals surface area contributed by atoms with E-state index in [0.717, 1.165) is 28.1 Å². The lowest BCUT2D eigenvalue weighted by molar-refractivity contribution is -0.132. The molecule has 0 atom stereocenters. The summed E-state index contributed by atoms with van der Waals surface area (Å²) in [4.78, 5) is 19.1. The number of aromatic nitrogens is 1. The van der Waals surface area contributed by atoms with E-state index in [1.165, 1.54) is 16.4 Å². The number of fused-ring (bicyclic) bond motifs is 1. The van der Waals surface area contributed by atoms with E-state index in [0.29, 0.717) is 37.6 Å². The molecule has 158 valence electrons. The number of sulfonamides is 1. The van der Waals surface area contributed by atoms with E-state index >= 15 is 0 Å². The third-order valence-corrected chi connectivity index (χ3v) is 8.42. The minimum atomic E-state index is -3.56. The second-order valence-corrected chi connectivity index (χ2v) is 10.7. The van der Waals surface area contributed by atoms with Gasteiger partial charge in [0.15, 0.2) is 0 Å². The van der Waals surface area contributed by atoms with E-state index in [1.807, 2.05) is 18.2 Å². The minimum absolute atomic E-state index is 0.0691. The second kappa shape index (κ2) is 9.01. The van der Waals surface area contributed by atoms with Crippen molar-refractivity contribution in [3.05, 3.63) is 58.6 Å². The zero-order valence-corrected chi connectivity index (χ0v) is 18.7. The summed E-state index contributed by atoms with van der Waals surface area (Å²) in [5, 5.41) is 1.54. The zero-order valence-electron chi connectivity index (χ0n) is 16.3. The Labute approximate surface area is 185 Å². The number of nitrogens with zero attached hydrogens (tertiary/aromatic N) is 3. The van der Waals surface area contributed by atoms with Gasteiger partial charge in [-0.05, 0) is 49.2 Å². The molecule has 4 rings (SSSR count). The lowest BCUT2D eigenvalue weighted by atomic mass is 10.2. The quantitative estimate of drug-likeness (QED) is 0.557. The van der Waals surface area contributed by atoms with Crippen molar-refractivity contribution in [1.82, 2.24) is 14.2 Å². The van der Waals surface area contributed by atoms with Crippen LogP contribution >= 0.6 is 22.9 Å². The van der Waals surface area contributed by atoms with Crippen LogP contribution in [0.2, 0.25) is 5.02 Å². The van der Waals surface area contributed by atoms with E-state index in [1.54, 1.807) is 28.4 Å². The standard InChI is InChI=1S/C21H22ClN3O3S2/c22-16-8-10-17(11-9-16)30(27,28)25-14-12-24(13-15-25)21(26)7-3-6-20-23-18-4-1-2-5-19(18)29-20/h1-2,4-5,8-11H,3,6-7,12-15H2. The number of aryl methyl sites for hydroxylation is 1. The van der Waals surface area contributed by atoms with E-state index in [2.05, 4.69) is 11.1 Å². The molecule has 1 saturated heterocycles. The average molecular weight is 464 g/mol. The molecule has 2 aromatic carbocycles. The number of para-hydroxylation sites is 1. The highest BCUT2D eigenvalue weighted by molar-refractivity contribution is 7.89. The van der Waals surface area contributed by atoms with E-state index in [9.17, 15) is 13.2 Å². The SMILES string of the molecule is O=C(CCCc1nc2ccccc2s1)N1CCN(S(=O)(=O)c2ccc(Cl)cc2)CC1. The largest absolute Gasteiger partial charge is 0.340 e. The van der Waals surface area contributed by atoms with Crippen LogP contribution in [0.15, 0.2) is 53.4 Å². The molecule has 1 aromatic heterocycles. The fourth-order valence-corrected chi connectivity index (χ4v) is 6.07. The lowest BCUT2D eigenvalue weighted by Crippen LogP contribution is -2.50. The number of hydrogen-bond donors (Lipinski definition) is 0. The smallest absolute Gasteiger partial charge is 0.243 e. The van der Waals surface area contributed by atoms with Gasteiger partial charge in [-0.25, -0.2) is 13.4 Å². The Balaban J connectivity index is 1.27. The van der Waals surface area contributed by atoms with Crippen LogP contribution in [-0.2, 0) is 21.2 Å². The molecule has 1 fully saturated rings. The Morgan fingerprint density at radius 2 is 1.73 bits per heavy atom. The van der Waals surface area contributed by atoms with Gasteiger partial charge in [0.25, 0.3) is 0 Å². The molecule has 0 aliphatic carbocycles. The van der Waals surface area contributed by atoms with Gasteiger partial charge < -0.3 is 4.90 Å². The zero-order chi connectivity index (χ0) is 21.1. The Morgan fingerprint density at radius 1 is 1.03 bits per heavy atom. The first kappa shape index (κ1) is 21.2. The van der Waals surface area contributed by atoms with Gasteiger partial charge in [0.05, 0.1) is 20.1 Å². The molecular formula is C21H22ClN3O3S2. The molecule has 2 heterocycles. The van der Waals surface area contributed by atoms with Gasteiger partial charge in [-0.2, -0.15) is 4.31 Å². The highest BCUT2D eigenvalue weighted by Gasteiger charge is 2.29. The highest BCUT2D eigenvalue weighted by Crippen LogP contribution is 2.23. The molecule has 1 amide bonds. The predicted octanol–water partition coefficient (Wildman–Crippen LogP) is 3.81. The first-order valence-electron chi connectivity index (χ1n) is 9.81. The molecule has 3 aromatic rings. The number of benzene rings is 2. The number of amides is 1. The Hall–Kier alpha value is -2.00. The first-order valence-corrected chi connectivity index (χ1v) is 12.4. The Kier molecular flexibility index (Phi) is 6.38. The van der Waals surface area contributed by atoms with Crippen LogP contribution in [0.4, 0.5) is 0 Å². The van der Waals surface area contributed by atoms with Gasteiger partial charge in [0.2, 0.25) is 15.9 Å². The number of rotatable bonds is 6. The number of thiazole rings is 1. The van der Waals surface area contributed by atoms with E-state index < -0.39 is 10.0 Å².